The third-order valence-corrected chi connectivity index (χ3v) is 5.16. The fraction of sp³-hybridized carbons (Fsp3) is 0.409. The highest BCUT2D eigenvalue weighted by molar-refractivity contribution is 5.97. The van der Waals surface area contributed by atoms with Crippen molar-refractivity contribution in [2.75, 3.05) is 13.2 Å². The minimum Gasteiger partial charge on any atom is -0.490 e. The van der Waals surface area contributed by atoms with E-state index in [0.29, 0.717) is 18.8 Å². The lowest BCUT2D eigenvalue weighted by molar-refractivity contribution is 0.0925. The molecule has 152 valence electrons. The average molecular weight is 394 g/mol. The molecule has 0 unspecified atom stereocenters. The first-order valence-electron chi connectivity index (χ1n) is 10.1. The number of hydrogen-bond acceptors (Lipinski definition) is 5. The predicted molar refractivity (Wildman–Crippen MR) is 110 cm³/mol. The van der Waals surface area contributed by atoms with Gasteiger partial charge in [0.1, 0.15) is 5.52 Å². The Labute approximate surface area is 170 Å². The maximum atomic E-state index is 13.0. The first-order valence-corrected chi connectivity index (χ1v) is 10.1. The zero-order valence-electron chi connectivity index (χ0n) is 17.0. The van der Waals surface area contributed by atoms with Crippen LogP contribution in [0.3, 0.4) is 0 Å². The summed E-state index contributed by atoms with van der Waals surface area (Å²) < 4.78 is 13.3. The van der Waals surface area contributed by atoms with Gasteiger partial charge in [-0.1, -0.05) is 25.1 Å². The van der Waals surface area contributed by atoms with Crippen LogP contribution in [0.25, 0.3) is 11.0 Å². The molecule has 1 aromatic heterocycles. The van der Waals surface area contributed by atoms with Crippen molar-refractivity contribution in [2.24, 2.45) is 5.92 Å². The van der Waals surface area contributed by atoms with Crippen LogP contribution in [-0.4, -0.2) is 34.1 Å². The molecule has 1 amide bonds. The zero-order chi connectivity index (χ0) is 20.4. The van der Waals surface area contributed by atoms with Crippen LogP contribution >= 0.6 is 0 Å². The Morgan fingerprint density at radius 3 is 2.69 bits per heavy atom. The lowest BCUT2D eigenvalue weighted by Crippen LogP contribution is -2.31. The van der Waals surface area contributed by atoms with Gasteiger partial charge in [0.05, 0.1) is 24.8 Å². The van der Waals surface area contributed by atoms with Crippen LogP contribution < -0.4 is 14.8 Å². The molecule has 4 rings (SSSR count). The number of aromatic nitrogens is 3. The molecule has 0 radical (unpaired) electrons. The molecule has 2 heterocycles. The lowest BCUT2D eigenvalue weighted by Gasteiger charge is -2.24. The van der Waals surface area contributed by atoms with E-state index in [2.05, 4.69) is 29.5 Å². The number of aryl methyl sites for hydroxylation is 1. The molecule has 0 aliphatic carbocycles. The SMILES string of the molecule is CCn1nnc2cc(C(=O)N[C@@H](c3ccc4c(c3)OCCCO4)C(C)C)ccc21. The van der Waals surface area contributed by atoms with Gasteiger partial charge in [-0.05, 0) is 48.7 Å². The number of nitrogens with one attached hydrogen (secondary N) is 1. The number of carbonyl (C=O) groups is 1. The summed E-state index contributed by atoms with van der Waals surface area (Å²) in [6.45, 7) is 8.21. The maximum absolute atomic E-state index is 13.0. The summed E-state index contributed by atoms with van der Waals surface area (Å²) in [5.41, 5.74) is 3.21. The second kappa shape index (κ2) is 8.11. The first-order chi connectivity index (χ1) is 14.1. The molecule has 1 N–H and O–H groups in total. The standard InChI is InChI=1S/C22H26N4O3/c1-4-26-18-8-6-16(12-17(18)24-25-26)22(27)23-21(14(2)3)15-7-9-19-20(13-15)29-11-5-10-28-19/h6-9,12-14,21H,4-5,10-11H2,1-3H3,(H,23,27)/t21-/m1/s1. The van der Waals surface area contributed by atoms with Gasteiger partial charge in [-0.2, -0.15) is 0 Å². The Kier molecular flexibility index (Phi) is 5.38. The number of ether oxygens (including phenoxy) is 2. The van der Waals surface area contributed by atoms with Gasteiger partial charge in [-0.25, -0.2) is 4.68 Å². The van der Waals surface area contributed by atoms with Gasteiger partial charge in [0, 0.05) is 18.5 Å². The molecule has 2 aromatic carbocycles. The van der Waals surface area contributed by atoms with Crippen molar-refractivity contribution in [1.29, 1.82) is 0 Å². The molecule has 7 heteroatoms. The maximum Gasteiger partial charge on any atom is 0.251 e. The molecule has 0 fully saturated rings. The van der Waals surface area contributed by atoms with E-state index in [9.17, 15) is 4.79 Å². The molecule has 29 heavy (non-hydrogen) atoms. The fourth-order valence-corrected chi connectivity index (χ4v) is 3.58. The Balaban J connectivity index is 1.58. The van der Waals surface area contributed by atoms with Gasteiger partial charge in [0.2, 0.25) is 0 Å². The molecular formula is C22H26N4O3. The van der Waals surface area contributed by atoms with Crippen LogP contribution in [-0.2, 0) is 6.54 Å². The number of hydrogen-bond donors (Lipinski definition) is 1. The molecule has 1 atom stereocenters. The summed E-state index contributed by atoms with van der Waals surface area (Å²) in [6.07, 6.45) is 0.861. The minimum absolute atomic E-state index is 0.135. The Morgan fingerprint density at radius 2 is 1.93 bits per heavy atom. The van der Waals surface area contributed by atoms with Gasteiger partial charge < -0.3 is 14.8 Å². The summed E-state index contributed by atoms with van der Waals surface area (Å²) in [6, 6.07) is 11.2. The molecular weight excluding hydrogens is 368 g/mol. The highest BCUT2D eigenvalue weighted by Gasteiger charge is 2.22. The van der Waals surface area contributed by atoms with E-state index in [1.807, 2.05) is 41.9 Å². The number of amides is 1. The summed E-state index contributed by atoms with van der Waals surface area (Å²) >= 11 is 0. The molecule has 7 nitrogen and oxygen atoms in total. The van der Waals surface area contributed by atoms with Gasteiger partial charge >= 0.3 is 0 Å². The van der Waals surface area contributed by atoms with Crippen molar-refractivity contribution >= 4 is 16.9 Å². The van der Waals surface area contributed by atoms with E-state index >= 15 is 0 Å². The van der Waals surface area contributed by atoms with Crippen molar-refractivity contribution in [3.63, 3.8) is 0 Å². The molecule has 0 saturated heterocycles. The lowest BCUT2D eigenvalue weighted by atomic mass is 9.95. The Morgan fingerprint density at radius 1 is 1.14 bits per heavy atom. The summed E-state index contributed by atoms with van der Waals surface area (Å²) in [4.78, 5) is 13.0. The molecule has 0 saturated carbocycles. The number of carbonyl (C=O) groups excluding carboxylic acids is 1. The normalized spacial score (nSPS) is 14.6. The van der Waals surface area contributed by atoms with E-state index in [1.165, 1.54) is 0 Å². The second-order valence-electron chi connectivity index (χ2n) is 7.56. The molecule has 0 spiro atoms. The largest absolute Gasteiger partial charge is 0.490 e. The van der Waals surface area contributed by atoms with Crippen LogP contribution in [0.15, 0.2) is 36.4 Å². The zero-order valence-corrected chi connectivity index (χ0v) is 17.0. The van der Waals surface area contributed by atoms with E-state index in [1.54, 1.807) is 6.07 Å². The Bertz CT molecular complexity index is 1030. The van der Waals surface area contributed by atoms with Crippen LogP contribution in [0, 0.1) is 5.92 Å². The van der Waals surface area contributed by atoms with E-state index in [-0.39, 0.29) is 17.9 Å². The van der Waals surface area contributed by atoms with Crippen molar-refractivity contribution < 1.29 is 14.3 Å². The first kappa shape index (κ1) is 19.2. The predicted octanol–water partition coefficient (Wildman–Crippen LogP) is 3.74. The molecule has 1 aliphatic heterocycles. The van der Waals surface area contributed by atoms with Crippen molar-refractivity contribution in [3.05, 3.63) is 47.5 Å². The topological polar surface area (TPSA) is 78.3 Å². The van der Waals surface area contributed by atoms with Gasteiger partial charge in [0.15, 0.2) is 11.5 Å². The highest BCUT2D eigenvalue weighted by atomic mass is 16.5. The second-order valence-corrected chi connectivity index (χ2v) is 7.56. The summed E-state index contributed by atoms with van der Waals surface area (Å²) in [7, 11) is 0. The van der Waals surface area contributed by atoms with Crippen molar-refractivity contribution in [2.45, 2.75) is 39.8 Å². The van der Waals surface area contributed by atoms with E-state index in [0.717, 1.165) is 41.1 Å². The number of nitrogens with zero attached hydrogens (tertiary/aromatic N) is 3. The summed E-state index contributed by atoms with van der Waals surface area (Å²) in [5.74, 6) is 1.55. The minimum atomic E-state index is -0.151. The monoisotopic (exact) mass is 394 g/mol. The van der Waals surface area contributed by atoms with Crippen LogP contribution in [0.2, 0.25) is 0 Å². The smallest absolute Gasteiger partial charge is 0.251 e. The van der Waals surface area contributed by atoms with Crippen LogP contribution in [0.1, 0.15) is 49.2 Å². The molecule has 0 bridgehead atoms. The average Bonchev–Trinajstić information content (AvgIpc) is 2.99. The summed E-state index contributed by atoms with van der Waals surface area (Å²) in [5, 5.41) is 11.4. The number of benzene rings is 2. The van der Waals surface area contributed by atoms with Crippen LogP contribution in [0.4, 0.5) is 0 Å². The van der Waals surface area contributed by atoms with E-state index in [4.69, 9.17) is 9.47 Å². The highest BCUT2D eigenvalue weighted by Crippen LogP contribution is 2.34. The third kappa shape index (κ3) is 3.90. The van der Waals surface area contributed by atoms with E-state index < -0.39 is 0 Å². The number of fused-ring (bicyclic) bond motifs is 2. The van der Waals surface area contributed by atoms with Gasteiger partial charge in [-0.3, -0.25) is 4.79 Å². The fourth-order valence-electron chi connectivity index (χ4n) is 3.58. The molecule has 1 aliphatic rings. The van der Waals surface area contributed by atoms with Crippen molar-refractivity contribution in [3.8, 4) is 11.5 Å². The number of rotatable bonds is 5. The van der Waals surface area contributed by atoms with Gasteiger partial charge in [0.25, 0.3) is 5.91 Å². The van der Waals surface area contributed by atoms with Crippen molar-refractivity contribution in [1.82, 2.24) is 20.3 Å². The molecule has 3 aromatic rings. The van der Waals surface area contributed by atoms with Gasteiger partial charge in [-0.15, -0.1) is 5.10 Å². The van der Waals surface area contributed by atoms with Crippen LogP contribution in [0.5, 0.6) is 11.5 Å². The Hall–Kier alpha value is -3.09. The quantitative estimate of drug-likeness (QED) is 0.713. The third-order valence-electron chi connectivity index (χ3n) is 5.16.